The Labute approximate surface area is 97.8 Å². The third-order valence-electron chi connectivity index (χ3n) is 2.58. The van der Waals surface area contributed by atoms with Crippen LogP contribution in [-0.4, -0.2) is 18.3 Å². The second kappa shape index (κ2) is 3.80. The third kappa shape index (κ3) is 2.18. The number of nitrogens with zero attached hydrogens (tertiary/aromatic N) is 1. The first-order valence-corrected chi connectivity index (χ1v) is 12.8. The molecule has 3 heteroatoms. The van der Waals surface area contributed by atoms with Gasteiger partial charge in [-0.15, -0.1) is 0 Å². The summed E-state index contributed by atoms with van der Waals surface area (Å²) < 4.78 is 1.50. The van der Waals surface area contributed by atoms with Crippen LogP contribution in [0, 0.1) is 0 Å². The number of pyridine rings is 1. The Morgan fingerprint density at radius 1 is 1.13 bits per heavy atom. The van der Waals surface area contributed by atoms with Crippen molar-refractivity contribution < 1.29 is 0 Å². The van der Waals surface area contributed by atoms with Crippen LogP contribution in [0.4, 0.5) is 0 Å². The number of fused-ring (bicyclic) bond motifs is 1. The van der Waals surface area contributed by atoms with Crippen molar-refractivity contribution in [3.8, 4) is 0 Å². The molecule has 1 heterocycles. The zero-order valence-corrected chi connectivity index (χ0v) is 12.1. The van der Waals surface area contributed by atoms with Gasteiger partial charge in [0.1, 0.15) is 0 Å². The Morgan fingerprint density at radius 2 is 1.87 bits per heavy atom. The van der Waals surface area contributed by atoms with Crippen LogP contribution < -0.4 is 4.40 Å². The van der Waals surface area contributed by atoms with Crippen LogP contribution in [0.3, 0.4) is 0 Å². The summed E-state index contributed by atoms with van der Waals surface area (Å²) in [6, 6.07) is 8.59. The van der Waals surface area contributed by atoms with Crippen molar-refractivity contribution >= 4 is 40.0 Å². The summed E-state index contributed by atoms with van der Waals surface area (Å²) in [6.45, 7) is 0. The van der Waals surface area contributed by atoms with E-state index in [0.717, 1.165) is 5.39 Å². The molecule has 0 spiro atoms. The molecule has 0 aliphatic carbocycles. The summed E-state index contributed by atoms with van der Waals surface area (Å²) >= 11 is 4.31. The number of rotatable bonds is 1. The SMILES string of the molecule is [CH3][Ge]([CH3])([CH3])[c]1ccc2c(Cl)nccc2c1. The van der Waals surface area contributed by atoms with Gasteiger partial charge < -0.3 is 0 Å². The van der Waals surface area contributed by atoms with Crippen molar-refractivity contribution in [3.63, 3.8) is 0 Å². The monoisotopic (exact) mass is 281 g/mol. The molecule has 2 rings (SSSR count). The summed E-state index contributed by atoms with van der Waals surface area (Å²) in [5, 5.41) is 2.85. The molecule has 2 aromatic rings. The van der Waals surface area contributed by atoms with Gasteiger partial charge >= 0.3 is 97.9 Å². The third-order valence-corrected chi connectivity index (χ3v) is 7.17. The number of hydrogen-bond acceptors (Lipinski definition) is 1. The maximum atomic E-state index is 6.03. The molecule has 0 saturated carbocycles. The number of benzene rings is 1. The van der Waals surface area contributed by atoms with E-state index in [1.54, 1.807) is 6.20 Å². The molecular formula is C12H14ClGeN. The van der Waals surface area contributed by atoms with Crippen molar-refractivity contribution in [3.05, 3.63) is 35.6 Å². The quantitative estimate of drug-likeness (QED) is 0.576. The first kappa shape index (κ1) is 11.0. The Hall–Kier alpha value is -0.537. The van der Waals surface area contributed by atoms with E-state index >= 15 is 0 Å². The zero-order chi connectivity index (χ0) is 11.1. The predicted octanol–water partition coefficient (Wildman–Crippen LogP) is 3.43. The summed E-state index contributed by atoms with van der Waals surface area (Å²) in [5.41, 5.74) is 0. The van der Waals surface area contributed by atoms with Gasteiger partial charge in [-0.25, -0.2) is 0 Å². The molecule has 1 nitrogen and oxygen atoms in total. The zero-order valence-electron chi connectivity index (χ0n) is 9.21. The maximum absolute atomic E-state index is 6.03. The van der Waals surface area contributed by atoms with E-state index in [1.165, 1.54) is 9.78 Å². The molecule has 0 bridgehead atoms. The van der Waals surface area contributed by atoms with Crippen LogP contribution in [0.5, 0.6) is 0 Å². The molecular weight excluding hydrogens is 266 g/mol. The van der Waals surface area contributed by atoms with Gasteiger partial charge in [-0.1, -0.05) is 0 Å². The topological polar surface area (TPSA) is 12.9 Å². The van der Waals surface area contributed by atoms with E-state index in [2.05, 4.69) is 40.5 Å². The minimum absolute atomic E-state index is 0.598. The predicted molar refractivity (Wildman–Crippen MR) is 69.7 cm³/mol. The molecule has 78 valence electrons. The van der Waals surface area contributed by atoms with Crippen LogP contribution in [-0.2, 0) is 0 Å². The van der Waals surface area contributed by atoms with Crippen molar-refractivity contribution in [2.24, 2.45) is 0 Å². The first-order chi connectivity index (χ1) is 6.98. The fraction of sp³-hybridized carbons (Fsp3) is 0.250. The van der Waals surface area contributed by atoms with E-state index in [4.69, 9.17) is 11.6 Å². The summed E-state index contributed by atoms with van der Waals surface area (Å²) in [6.07, 6.45) is 1.77. The van der Waals surface area contributed by atoms with Gasteiger partial charge in [0.25, 0.3) is 0 Å². The Balaban J connectivity index is 2.68. The average Bonchev–Trinajstić information content (AvgIpc) is 2.16. The summed E-state index contributed by atoms with van der Waals surface area (Å²) in [7, 11) is 0. The fourth-order valence-corrected chi connectivity index (χ4v) is 4.29. The molecule has 0 atom stereocenters. The van der Waals surface area contributed by atoms with Crippen LogP contribution in [0.2, 0.25) is 22.4 Å². The van der Waals surface area contributed by atoms with Gasteiger partial charge in [0.15, 0.2) is 0 Å². The molecule has 0 saturated heterocycles. The summed E-state index contributed by atoms with van der Waals surface area (Å²) in [5.74, 6) is 7.18. The molecule has 1 aromatic carbocycles. The van der Waals surface area contributed by atoms with E-state index in [9.17, 15) is 0 Å². The number of hydrogen-bond donors (Lipinski definition) is 0. The van der Waals surface area contributed by atoms with Gasteiger partial charge in [0, 0.05) is 0 Å². The van der Waals surface area contributed by atoms with Gasteiger partial charge in [-0.3, -0.25) is 0 Å². The second-order valence-electron chi connectivity index (χ2n) is 4.79. The molecule has 0 radical (unpaired) electrons. The molecule has 15 heavy (non-hydrogen) atoms. The van der Waals surface area contributed by atoms with Gasteiger partial charge in [0.05, 0.1) is 0 Å². The van der Waals surface area contributed by atoms with E-state index < -0.39 is 13.3 Å². The molecule has 0 aliphatic rings. The minimum atomic E-state index is -1.72. The van der Waals surface area contributed by atoms with Gasteiger partial charge in [-0.05, 0) is 0 Å². The molecule has 0 unspecified atom stereocenters. The van der Waals surface area contributed by atoms with E-state index in [0.29, 0.717) is 5.15 Å². The molecule has 0 amide bonds. The Bertz CT molecular complexity index is 502. The van der Waals surface area contributed by atoms with Crippen LogP contribution in [0.15, 0.2) is 30.5 Å². The van der Waals surface area contributed by atoms with E-state index in [-0.39, 0.29) is 0 Å². The second-order valence-corrected chi connectivity index (χ2v) is 15.8. The normalized spacial score (nSPS) is 12.0. The Morgan fingerprint density at radius 3 is 2.53 bits per heavy atom. The number of halogens is 1. The molecule has 0 fully saturated rings. The molecule has 0 aliphatic heterocycles. The summed E-state index contributed by atoms with van der Waals surface area (Å²) in [4.78, 5) is 4.08. The average molecular weight is 280 g/mol. The van der Waals surface area contributed by atoms with Crippen LogP contribution in [0.25, 0.3) is 10.8 Å². The van der Waals surface area contributed by atoms with Crippen molar-refractivity contribution in [2.45, 2.75) is 17.3 Å². The van der Waals surface area contributed by atoms with Crippen molar-refractivity contribution in [1.29, 1.82) is 0 Å². The first-order valence-electron chi connectivity index (χ1n) is 5.03. The molecule has 0 N–H and O–H groups in total. The standard InChI is InChI=1S/C12H14ClGeN/c1-14(2,3)10-4-5-11-9(8-10)6-7-15-12(11)13/h4-8H,1-3H3. The van der Waals surface area contributed by atoms with Crippen LogP contribution >= 0.6 is 11.6 Å². The van der Waals surface area contributed by atoms with Crippen molar-refractivity contribution in [2.75, 3.05) is 0 Å². The van der Waals surface area contributed by atoms with Crippen LogP contribution in [0.1, 0.15) is 0 Å². The Kier molecular flexibility index (Phi) is 2.78. The van der Waals surface area contributed by atoms with Gasteiger partial charge in [-0.2, -0.15) is 0 Å². The van der Waals surface area contributed by atoms with Crippen molar-refractivity contribution in [1.82, 2.24) is 4.98 Å². The fourth-order valence-electron chi connectivity index (χ4n) is 1.61. The van der Waals surface area contributed by atoms with Gasteiger partial charge in [0.2, 0.25) is 0 Å². The van der Waals surface area contributed by atoms with E-state index in [1.807, 2.05) is 6.07 Å². The molecule has 1 aromatic heterocycles. The number of aromatic nitrogens is 1.